The Morgan fingerprint density at radius 3 is 2.71 bits per heavy atom. The monoisotopic (exact) mass is 332 g/mol. The van der Waals surface area contributed by atoms with E-state index >= 15 is 0 Å². The van der Waals surface area contributed by atoms with Gasteiger partial charge in [-0.1, -0.05) is 19.4 Å². The summed E-state index contributed by atoms with van der Waals surface area (Å²) < 4.78 is 39.4. The molecule has 128 valence electrons. The van der Waals surface area contributed by atoms with Gasteiger partial charge in [0.1, 0.15) is 23.8 Å². The highest BCUT2D eigenvalue weighted by Gasteiger charge is 2.32. The van der Waals surface area contributed by atoms with Gasteiger partial charge in [0.25, 0.3) is 0 Å². The summed E-state index contributed by atoms with van der Waals surface area (Å²) in [6.45, 7) is 6.06. The number of hydrogen-bond acceptors (Lipinski definition) is 2. The first-order valence-electron chi connectivity index (χ1n) is 8.29. The predicted octanol–water partition coefficient (Wildman–Crippen LogP) is 5.21. The van der Waals surface area contributed by atoms with Crippen LogP contribution in [0.2, 0.25) is 0 Å². The molecular formula is C20H22F2O2. The lowest BCUT2D eigenvalue weighted by molar-refractivity contribution is 0.135. The van der Waals surface area contributed by atoms with E-state index in [1.165, 1.54) is 18.2 Å². The second-order valence-corrected chi connectivity index (χ2v) is 6.90. The van der Waals surface area contributed by atoms with Crippen LogP contribution in [0.15, 0.2) is 30.3 Å². The SMILES string of the molecule is CCCc1ccc(F)c(OCc2cc(F)cc3c2OC(C)(C)C3)c1. The van der Waals surface area contributed by atoms with Crippen LogP contribution in [0.5, 0.6) is 11.5 Å². The summed E-state index contributed by atoms with van der Waals surface area (Å²) in [5.74, 6) is 0.112. The molecule has 0 spiro atoms. The van der Waals surface area contributed by atoms with Crippen molar-refractivity contribution >= 4 is 0 Å². The molecular weight excluding hydrogens is 310 g/mol. The van der Waals surface area contributed by atoms with Gasteiger partial charge in [-0.2, -0.15) is 0 Å². The summed E-state index contributed by atoms with van der Waals surface area (Å²) in [7, 11) is 0. The van der Waals surface area contributed by atoms with Gasteiger partial charge in [-0.05, 0) is 50.1 Å². The van der Waals surface area contributed by atoms with Crippen LogP contribution in [-0.2, 0) is 19.4 Å². The molecule has 0 bridgehead atoms. The average molecular weight is 332 g/mol. The van der Waals surface area contributed by atoms with E-state index in [4.69, 9.17) is 9.47 Å². The van der Waals surface area contributed by atoms with Crippen molar-refractivity contribution in [1.82, 2.24) is 0 Å². The van der Waals surface area contributed by atoms with Crippen molar-refractivity contribution in [2.45, 2.75) is 52.2 Å². The van der Waals surface area contributed by atoms with Crippen LogP contribution >= 0.6 is 0 Å². The maximum absolute atomic E-state index is 14.0. The molecule has 2 aromatic carbocycles. The lowest BCUT2D eigenvalue weighted by Crippen LogP contribution is -2.25. The minimum atomic E-state index is -0.413. The lowest BCUT2D eigenvalue weighted by Gasteiger charge is -2.18. The largest absolute Gasteiger partial charge is 0.487 e. The highest BCUT2D eigenvalue weighted by molar-refractivity contribution is 5.46. The Hall–Kier alpha value is -2.10. The van der Waals surface area contributed by atoms with E-state index < -0.39 is 5.82 Å². The minimum absolute atomic E-state index is 0.0721. The van der Waals surface area contributed by atoms with Crippen LogP contribution in [0.25, 0.3) is 0 Å². The highest BCUT2D eigenvalue weighted by Crippen LogP contribution is 2.38. The molecule has 24 heavy (non-hydrogen) atoms. The van der Waals surface area contributed by atoms with Crippen LogP contribution in [0.1, 0.15) is 43.9 Å². The van der Waals surface area contributed by atoms with Crippen molar-refractivity contribution < 1.29 is 18.3 Å². The van der Waals surface area contributed by atoms with Crippen LogP contribution in [0, 0.1) is 11.6 Å². The quantitative estimate of drug-likeness (QED) is 0.748. The molecule has 0 saturated heterocycles. The van der Waals surface area contributed by atoms with Gasteiger partial charge in [-0.25, -0.2) is 8.78 Å². The number of rotatable bonds is 5. The molecule has 0 saturated carbocycles. The fourth-order valence-electron chi connectivity index (χ4n) is 3.11. The van der Waals surface area contributed by atoms with Crippen LogP contribution < -0.4 is 9.47 Å². The zero-order valence-corrected chi connectivity index (χ0v) is 14.3. The van der Waals surface area contributed by atoms with Gasteiger partial charge in [-0.3, -0.25) is 0 Å². The Bertz CT molecular complexity index is 754. The van der Waals surface area contributed by atoms with Crippen molar-refractivity contribution in [2.24, 2.45) is 0 Å². The summed E-state index contributed by atoms with van der Waals surface area (Å²) in [5.41, 5.74) is 2.10. The van der Waals surface area contributed by atoms with Gasteiger partial charge in [0, 0.05) is 17.5 Å². The van der Waals surface area contributed by atoms with Gasteiger partial charge >= 0.3 is 0 Å². The lowest BCUT2D eigenvalue weighted by atomic mass is 10.0. The van der Waals surface area contributed by atoms with Crippen LogP contribution in [-0.4, -0.2) is 5.60 Å². The van der Waals surface area contributed by atoms with Gasteiger partial charge in [0.2, 0.25) is 0 Å². The Balaban J connectivity index is 1.82. The molecule has 0 unspecified atom stereocenters. The predicted molar refractivity (Wildman–Crippen MR) is 89.5 cm³/mol. The molecule has 1 heterocycles. The van der Waals surface area contributed by atoms with Gasteiger partial charge in [0.15, 0.2) is 11.6 Å². The Labute approximate surface area is 141 Å². The Kier molecular flexibility index (Phi) is 4.48. The third-order valence-corrected chi connectivity index (χ3v) is 4.12. The molecule has 3 rings (SSSR count). The van der Waals surface area contributed by atoms with Gasteiger partial charge < -0.3 is 9.47 Å². The maximum Gasteiger partial charge on any atom is 0.165 e. The molecule has 2 aromatic rings. The molecule has 2 nitrogen and oxygen atoms in total. The number of aryl methyl sites for hydroxylation is 1. The maximum atomic E-state index is 14.0. The van der Waals surface area contributed by atoms with E-state index in [2.05, 4.69) is 6.92 Å². The molecule has 0 radical (unpaired) electrons. The number of ether oxygens (including phenoxy) is 2. The molecule has 0 amide bonds. The summed E-state index contributed by atoms with van der Waals surface area (Å²) in [4.78, 5) is 0. The van der Waals surface area contributed by atoms with E-state index in [1.807, 2.05) is 13.8 Å². The van der Waals surface area contributed by atoms with Crippen molar-refractivity contribution in [3.8, 4) is 11.5 Å². The van der Waals surface area contributed by atoms with Crippen molar-refractivity contribution in [1.29, 1.82) is 0 Å². The first-order chi connectivity index (χ1) is 11.4. The summed E-state index contributed by atoms with van der Waals surface area (Å²) in [5, 5.41) is 0. The van der Waals surface area contributed by atoms with Crippen LogP contribution in [0.4, 0.5) is 8.78 Å². The Morgan fingerprint density at radius 2 is 1.96 bits per heavy atom. The zero-order chi connectivity index (χ0) is 17.3. The molecule has 0 aliphatic carbocycles. The molecule has 0 aromatic heterocycles. The third kappa shape index (κ3) is 3.53. The fraction of sp³-hybridized carbons (Fsp3) is 0.400. The second kappa shape index (κ2) is 6.42. The molecule has 1 aliphatic heterocycles. The van der Waals surface area contributed by atoms with Crippen molar-refractivity contribution in [3.05, 3.63) is 58.7 Å². The molecule has 0 atom stereocenters. The molecule has 4 heteroatoms. The van der Waals surface area contributed by atoms with Crippen molar-refractivity contribution in [3.63, 3.8) is 0 Å². The van der Waals surface area contributed by atoms with E-state index in [0.29, 0.717) is 17.7 Å². The van der Waals surface area contributed by atoms with Gasteiger partial charge in [-0.15, -0.1) is 0 Å². The highest BCUT2D eigenvalue weighted by atomic mass is 19.1. The topological polar surface area (TPSA) is 18.5 Å². The number of benzene rings is 2. The second-order valence-electron chi connectivity index (χ2n) is 6.90. The van der Waals surface area contributed by atoms with E-state index in [-0.39, 0.29) is 23.8 Å². The molecule has 0 N–H and O–H groups in total. The zero-order valence-electron chi connectivity index (χ0n) is 14.3. The van der Waals surface area contributed by atoms with E-state index in [1.54, 1.807) is 12.1 Å². The average Bonchev–Trinajstić information content (AvgIpc) is 2.81. The Morgan fingerprint density at radius 1 is 1.17 bits per heavy atom. The number of halogens is 2. The molecule has 0 fully saturated rings. The standard InChI is InChI=1S/C20H22F2O2/c1-4-5-13-6-7-17(22)18(8-13)23-12-15-10-16(21)9-14-11-20(2,3)24-19(14)15/h6-10H,4-5,11-12H2,1-3H3. The van der Waals surface area contributed by atoms with E-state index in [9.17, 15) is 8.78 Å². The van der Waals surface area contributed by atoms with Crippen LogP contribution in [0.3, 0.4) is 0 Å². The van der Waals surface area contributed by atoms with Gasteiger partial charge in [0.05, 0.1) is 0 Å². The summed E-state index contributed by atoms with van der Waals surface area (Å²) in [6.07, 6.45) is 2.49. The van der Waals surface area contributed by atoms with E-state index in [0.717, 1.165) is 24.0 Å². The first-order valence-corrected chi connectivity index (χ1v) is 8.29. The third-order valence-electron chi connectivity index (χ3n) is 4.12. The summed E-state index contributed by atoms with van der Waals surface area (Å²) >= 11 is 0. The number of hydrogen-bond donors (Lipinski definition) is 0. The molecule has 1 aliphatic rings. The number of fused-ring (bicyclic) bond motifs is 1. The first kappa shape index (κ1) is 16.7. The fourth-order valence-corrected chi connectivity index (χ4v) is 3.11. The smallest absolute Gasteiger partial charge is 0.165 e. The summed E-state index contributed by atoms with van der Waals surface area (Å²) in [6, 6.07) is 7.78. The normalized spacial score (nSPS) is 15.0. The minimum Gasteiger partial charge on any atom is -0.487 e. The van der Waals surface area contributed by atoms with Crippen molar-refractivity contribution in [2.75, 3.05) is 0 Å².